The Bertz CT molecular complexity index is 1250. The largest absolute Gasteiger partial charge is 0.296 e. The van der Waals surface area contributed by atoms with Crippen LogP contribution in [0, 0.1) is 11.7 Å². The molecule has 1 saturated heterocycles. The average molecular weight is 444 g/mol. The molecule has 1 fully saturated rings. The highest BCUT2D eigenvalue weighted by Gasteiger charge is 2.30. The number of rotatable bonds is 5. The summed E-state index contributed by atoms with van der Waals surface area (Å²) in [5.41, 5.74) is 1.27. The van der Waals surface area contributed by atoms with Crippen LogP contribution in [0.5, 0.6) is 0 Å². The maximum Gasteiger partial charge on any atom is 0.261 e. The van der Waals surface area contributed by atoms with Crippen LogP contribution in [0.25, 0.3) is 10.9 Å². The van der Waals surface area contributed by atoms with Crippen LogP contribution in [0.4, 0.5) is 4.39 Å². The molecule has 0 atom stereocenters. The molecule has 31 heavy (non-hydrogen) atoms. The minimum Gasteiger partial charge on any atom is -0.296 e. The van der Waals surface area contributed by atoms with Gasteiger partial charge in [-0.05, 0) is 61.1 Å². The van der Waals surface area contributed by atoms with Crippen molar-refractivity contribution in [2.75, 3.05) is 13.1 Å². The minimum atomic E-state index is -3.58. The van der Waals surface area contributed by atoms with E-state index in [9.17, 15) is 17.6 Å². The van der Waals surface area contributed by atoms with Crippen molar-refractivity contribution >= 4 is 20.9 Å². The van der Waals surface area contributed by atoms with Crippen LogP contribution < -0.4 is 5.56 Å². The Morgan fingerprint density at radius 2 is 1.77 bits per heavy atom. The molecule has 0 aliphatic carbocycles. The van der Waals surface area contributed by atoms with Gasteiger partial charge in [0.15, 0.2) is 0 Å². The number of sulfonamides is 1. The number of piperidine rings is 1. The van der Waals surface area contributed by atoms with Crippen molar-refractivity contribution < 1.29 is 12.8 Å². The second-order valence-electron chi connectivity index (χ2n) is 8.50. The van der Waals surface area contributed by atoms with Crippen LogP contribution in [-0.4, -0.2) is 35.4 Å². The lowest BCUT2D eigenvalue weighted by molar-refractivity contribution is 0.269. The first-order valence-corrected chi connectivity index (χ1v) is 11.9. The molecule has 8 heteroatoms. The van der Waals surface area contributed by atoms with Crippen molar-refractivity contribution in [2.24, 2.45) is 5.92 Å². The fraction of sp³-hybridized carbons (Fsp3) is 0.391. The smallest absolute Gasteiger partial charge is 0.261 e. The van der Waals surface area contributed by atoms with Gasteiger partial charge in [0.1, 0.15) is 5.82 Å². The van der Waals surface area contributed by atoms with E-state index in [1.54, 1.807) is 12.1 Å². The first-order valence-electron chi connectivity index (χ1n) is 10.5. The number of benzene rings is 2. The number of aromatic nitrogens is 2. The highest BCUT2D eigenvalue weighted by molar-refractivity contribution is 7.89. The van der Waals surface area contributed by atoms with Gasteiger partial charge in [-0.25, -0.2) is 17.8 Å². The highest BCUT2D eigenvalue weighted by Crippen LogP contribution is 2.27. The van der Waals surface area contributed by atoms with Crippen LogP contribution in [-0.2, 0) is 16.4 Å². The summed E-state index contributed by atoms with van der Waals surface area (Å²) in [6.07, 6.45) is 3.37. The molecule has 1 aromatic heterocycles. The molecule has 0 amide bonds. The molecule has 6 nitrogen and oxygen atoms in total. The Morgan fingerprint density at radius 1 is 1.10 bits per heavy atom. The van der Waals surface area contributed by atoms with Gasteiger partial charge < -0.3 is 0 Å². The molecule has 164 valence electrons. The van der Waals surface area contributed by atoms with Crippen molar-refractivity contribution in [2.45, 2.75) is 44.0 Å². The molecule has 0 unspecified atom stereocenters. The molecular formula is C23H26FN3O3S. The Morgan fingerprint density at radius 3 is 2.42 bits per heavy atom. The molecule has 1 aliphatic rings. The molecule has 2 heterocycles. The molecule has 0 radical (unpaired) electrons. The molecule has 0 saturated carbocycles. The number of nitrogens with zero attached hydrogens (tertiary/aromatic N) is 3. The van der Waals surface area contributed by atoms with Gasteiger partial charge >= 0.3 is 0 Å². The van der Waals surface area contributed by atoms with Crippen molar-refractivity contribution in [3.8, 4) is 0 Å². The maximum atomic E-state index is 13.6. The van der Waals surface area contributed by atoms with E-state index in [-0.39, 0.29) is 17.0 Å². The summed E-state index contributed by atoms with van der Waals surface area (Å²) in [5.74, 6) is 0.0236. The Labute approximate surface area is 181 Å². The van der Waals surface area contributed by atoms with Crippen LogP contribution in [0.15, 0.2) is 58.5 Å². The average Bonchev–Trinajstić information content (AvgIpc) is 2.74. The van der Waals surface area contributed by atoms with Crippen LogP contribution in [0.2, 0.25) is 0 Å². The number of fused-ring (bicyclic) bond motifs is 1. The lowest BCUT2D eigenvalue weighted by atomic mass is 10.0. The van der Waals surface area contributed by atoms with Crippen LogP contribution >= 0.6 is 0 Å². The fourth-order valence-corrected chi connectivity index (χ4v) is 5.62. The zero-order valence-corrected chi connectivity index (χ0v) is 18.5. The molecular weight excluding hydrogens is 417 g/mol. The quantitative estimate of drug-likeness (QED) is 0.602. The Kier molecular flexibility index (Phi) is 5.94. The topological polar surface area (TPSA) is 72.3 Å². The van der Waals surface area contributed by atoms with Crippen molar-refractivity contribution in [3.05, 3.63) is 70.5 Å². The van der Waals surface area contributed by atoms with E-state index in [2.05, 4.69) is 18.8 Å². The predicted octanol–water partition coefficient (Wildman–Crippen LogP) is 3.76. The zero-order chi connectivity index (χ0) is 22.2. The van der Waals surface area contributed by atoms with Crippen LogP contribution in [0.3, 0.4) is 0 Å². The van der Waals surface area contributed by atoms with Gasteiger partial charge in [0.2, 0.25) is 10.0 Å². The second kappa shape index (κ2) is 8.51. The third-order valence-electron chi connectivity index (χ3n) is 5.77. The van der Waals surface area contributed by atoms with E-state index in [0.717, 1.165) is 12.0 Å². The molecule has 0 spiro atoms. The number of halogens is 1. The molecule has 0 N–H and O–H groups in total. The monoisotopic (exact) mass is 443 g/mol. The van der Waals surface area contributed by atoms with Crippen LogP contribution in [0.1, 0.15) is 38.3 Å². The summed E-state index contributed by atoms with van der Waals surface area (Å²) < 4.78 is 42.6. The summed E-state index contributed by atoms with van der Waals surface area (Å²) in [6.45, 7) is 4.88. The Balaban J connectivity index is 1.50. The first kappa shape index (κ1) is 21.6. The molecule has 3 aromatic rings. The number of hydrogen-bond acceptors (Lipinski definition) is 4. The Hall–Kier alpha value is -2.58. The SMILES string of the molecule is CC(C)Cc1ccc(S(=O)(=O)N2CCC(n3cnc4ccc(F)cc4c3=O)CC2)cc1. The fourth-order valence-electron chi connectivity index (χ4n) is 4.15. The van der Waals surface area contributed by atoms with E-state index < -0.39 is 15.8 Å². The molecule has 0 bridgehead atoms. The van der Waals surface area contributed by atoms with E-state index in [1.165, 1.54) is 33.4 Å². The van der Waals surface area contributed by atoms with Gasteiger partial charge in [0, 0.05) is 19.1 Å². The van der Waals surface area contributed by atoms with E-state index in [1.807, 2.05) is 12.1 Å². The van der Waals surface area contributed by atoms with Gasteiger partial charge in [0.25, 0.3) is 5.56 Å². The maximum absolute atomic E-state index is 13.6. The van der Waals surface area contributed by atoms with E-state index >= 15 is 0 Å². The lowest BCUT2D eigenvalue weighted by Gasteiger charge is -2.32. The summed E-state index contributed by atoms with van der Waals surface area (Å²) in [4.78, 5) is 17.4. The lowest BCUT2D eigenvalue weighted by Crippen LogP contribution is -2.40. The molecule has 2 aromatic carbocycles. The highest BCUT2D eigenvalue weighted by atomic mass is 32.2. The standard InChI is InChI=1S/C23H26FN3O3S/c1-16(2)13-17-3-6-20(7-4-17)31(29,30)26-11-9-19(10-12-26)27-15-25-22-8-5-18(24)14-21(22)23(27)28/h3-8,14-16,19H,9-13H2,1-2H3. The summed E-state index contributed by atoms with van der Waals surface area (Å²) in [6, 6.07) is 10.9. The van der Waals surface area contributed by atoms with E-state index in [0.29, 0.717) is 42.3 Å². The van der Waals surface area contributed by atoms with Gasteiger partial charge in [-0.15, -0.1) is 0 Å². The van der Waals surface area contributed by atoms with Gasteiger partial charge in [-0.1, -0.05) is 26.0 Å². The molecule has 1 aliphatic heterocycles. The van der Waals surface area contributed by atoms with Gasteiger partial charge in [-0.3, -0.25) is 9.36 Å². The summed E-state index contributed by atoms with van der Waals surface area (Å²) >= 11 is 0. The van der Waals surface area contributed by atoms with Gasteiger partial charge in [-0.2, -0.15) is 4.31 Å². The third-order valence-corrected chi connectivity index (χ3v) is 7.68. The number of hydrogen-bond donors (Lipinski definition) is 0. The van der Waals surface area contributed by atoms with Gasteiger partial charge in [0.05, 0.1) is 22.1 Å². The molecule has 4 rings (SSSR count). The summed E-state index contributed by atoms with van der Waals surface area (Å²) in [5, 5.41) is 0.235. The van der Waals surface area contributed by atoms with Crippen molar-refractivity contribution in [3.63, 3.8) is 0 Å². The normalized spacial score (nSPS) is 16.3. The zero-order valence-electron chi connectivity index (χ0n) is 17.7. The minimum absolute atomic E-state index is 0.174. The van der Waals surface area contributed by atoms with Crippen molar-refractivity contribution in [1.29, 1.82) is 0 Å². The summed E-state index contributed by atoms with van der Waals surface area (Å²) in [7, 11) is -3.58. The van der Waals surface area contributed by atoms with Crippen molar-refractivity contribution in [1.82, 2.24) is 13.9 Å². The first-order chi connectivity index (χ1) is 14.8. The second-order valence-corrected chi connectivity index (χ2v) is 10.4. The van der Waals surface area contributed by atoms with E-state index in [4.69, 9.17) is 0 Å². The third kappa shape index (κ3) is 4.41. The predicted molar refractivity (Wildman–Crippen MR) is 118 cm³/mol.